The van der Waals surface area contributed by atoms with Gasteiger partial charge in [0.05, 0.1) is 17.2 Å². The predicted octanol–water partition coefficient (Wildman–Crippen LogP) is 3.71. The van der Waals surface area contributed by atoms with Crippen LogP contribution in [-0.4, -0.2) is 27.5 Å². The largest absolute Gasteiger partial charge is 0.361 e. The molecule has 6 heteroatoms. The number of carbonyl (C=O) groups excluding carboxylic acids is 1. The van der Waals surface area contributed by atoms with Gasteiger partial charge < -0.3 is 9.42 Å². The second-order valence-corrected chi connectivity index (χ2v) is 7.83. The van der Waals surface area contributed by atoms with Gasteiger partial charge in [0.2, 0.25) is 0 Å². The Morgan fingerprint density at radius 3 is 2.82 bits per heavy atom. The first-order valence-electron chi connectivity index (χ1n) is 7.57. The predicted molar refractivity (Wildman–Crippen MR) is 85.1 cm³/mol. The Labute approximate surface area is 134 Å². The molecular formula is C16H21N3O2S. The summed E-state index contributed by atoms with van der Waals surface area (Å²) < 4.78 is 5.16. The first-order valence-corrected chi connectivity index (χ1v) is 8.38. The van der Waals surface area contributed by atoms with E-state index in [-0.39, 0.29) is 17.4 Å². The number of rotatable bonds is 2. The molecule has 118 valence electrons. The molecule has 0 N–H and O–H groups in total. The zero-order valence-electron chi connectivity index (χ0n) is 13.4. The number of likely N-dealkylation sites (tertiary alicyclic amines) is 1. The van der Waals surface area contributed by atoms with E-state index in [1.807, 2.05) is 17.9 Å². The standard InChI is InChI=1S/C16H21N3O2S/c1-10-8-11(18-21-10)12-6-5-7-19(12)14(20)13-9-17-15(22-13)16(2,3)4/h8-9,12H,5-7H2,1-4H3/t12-/m0/s1. The van der Waals surface area contributed by atoms with Crippen LogP contribution in [0, 0.1) is 6.92 Å². The molecule has 2 aromatic heterocycles. The van der Waals surface area contributed by atoms with Crippen LogP contribution in [0.15, 0.2) is 16.8 Å². The number of aryl methyl sites for hydroxylation is 1. The summed E-state index contributed by atoms with van der Waals surface area (Å²) >= 11 is 1.49. The molecule has 3 heterocycles. The van der Waals surface area contributed by atoms with Gasteiger partial charge in [0.25, 0.3) is 5.91 Å². The van der Waals surface area contributed by atoms with Crippen LogP contribution in [0.4, 0.5) is 0 Å². The third kappa shape index (κ3) is 2.79. The first kappa shape index (κ1) is 15.2. The molecule has 0 spiro atoms. The summed E-state index contributed by atoms with van der Waals surface area (Å²) in [5.74, 6) is 0.832. The molecule has 1 aliphatic rings. The van der Waals surface area contributed by atoms with Crippen molar-refractivity contribution in [3.8, 4) is 0 Å². The monoisotopic (exact) mass is 319 g/mol. The molecule has 1 atom stereocenters. The molecule has 1 amide bonds. The highest BCUT2D eigenvalue weighted by Gasteiger charge is 2.34. The zero-order valence-corrected chi connectivity index (χ0v) is 14.2. The average Bonchev–Trinajstić information content (AvgIpc) is 3.16. The van der Waals surface area contributed by atoms with Gasteiger partial charge in [0.1, 0.15) is 16.3 Å². The van der Waals surface area contributed by atoms with Crippen LogP contribution >= 0.6 is 11.3 Å². The molecule has 1 fully saturated rings. The lowest BCUT2D eigenvalue weighted by molar-refractivity contribution is 0.0735. The number of thiazole rings is 1. The van der Waals surface area contributed by atoms with Crippen LogP contribution in [0.1, 0.15) is 65.8 Å². The summed E-state index contributed by atoms with van der Waals surface area (Å²) in [5, 5.41) is 5.08. The Bertz CT molecular complexity index is 684. The van der Waals surface area contributed by atoms with E-state index in [1.165, 1.54) is 11.3 Å². The fraction of sp³-hybridized carbons (Fsp3) is 0.562. The average molecular weight is 319 g/mol. The summed E-state index contributed by atoms with van der Waals surface area (Å²) in [6.45, 7) is 8.96. The topological polar surface area (TPSA) is 59.2 Å². The van der Waals surface area contributed by atoms with Gasteiger partial charge in [0, 0.05) is 18.0 Å². The second kappa shape index (κ2) is 5.50. The highest BCUT2D eigenvalue weighted by Crippen LogP contribution is 2.34. The lowest BCUT2D eigenvalue weighted by atomic mass is 9.98. The van der Waals surface area contributed by atoms with Crippen molar-refractivity contribution in [3.05, 3.63) is 33.6 Å². The second-order valence-electron chi connectivity index (χ2n) is 6.80. The van der Waals surface area contributed by atoms with Crippen molar-refractivity contribution in [2.24, 2.45) is 0 Å². The Hall–Kier alpha value is -1.69. The molecule has 1 aliphatic heterocycles. The van der Waals surface area contributed by atoms with E-state index < -0.39 is 0 Å². The van der Waals surface area contributed by atoms with Crippen LogP contribution in [0.25, 0.3) is 0 Å². The zero-order chi connectivity index (χ0) is 15.9. The minimum atomic E-state index is -0.0309. The maximum atomic E-state index is 12.8. The quantitative estimate of drug-likeness (QED) is 0.846. The number of aromatic nitrogens is 2. The van der Waals surface area contributed by atoms with Crippen molar-refractivity contribution in [1.82, 2.24) is 15.0 Å². The third-order valence-electron chi connectivity index (χ3n) is 3.86. The molecule has 0 unspecified atom stereocenters. The van der Waals surface area contributed by atoms with E-state index in [1.54, 1.807) is 6.20 Å². The van der Waals surface area contributed by atoms with Gasteiger partial charge in [-0.25, -0.2) is 4.98 Å². The Balaban J connectivity index is 1.83. The SMILES string of the molecule is Cc1cc([C@@H]2CCCN2C(=O)c2cnc(C(C)(C)C)s2)no1. The maximum Gasteiger partial charge on any atom is 0.266 e. The summed E-state index contributed by atoms with van der Waals surface area (Å²) in [6, 6.07) is 1.94. The molecule has 0 aromatic carbocycles. The molecule has 3 rings (SSSR count). The minimum absolute atomic E-state index is 0.0186. The van der Waals surface area contributed by atoms with Gasteiger partial charge in [-0.3, -0.25) is 4.79 Å². The van der Waals surface area contributed by atoms with E-state index in [0.29, 0.717) is 4.88 Å². The van der Waals surface area contributed by atoms with Crippen molar-refractivity contribution < 1.29 is 9.32 Å². The molecular weight excluding hydrogens is 298 g/mol. The maximum absolute atomic E-state index is 12.8. The number of nitrogens with zero attached hydrogens (tertiary/aromatic N) is 3. The molecule has 0 saturated carbocycles. The van der Waals surface area contributed by atoms with Crippen molar-refractivity contribution >= 4 is 17.2 Å². The van der Waals surface area contributed by atoms with Gasteiger partial charge >= 0.3 is 0 Å². The molecule has 0 aliphatic carbocycles. The van der Waals surface area contributed by atoms with Crippen LogP contribution in [0.2, 0.25) is 0 Å². The van der Waals surface area contributed by atoms with E-state index in [0.717, 1.165) is 35.8 Å². The lowest BCUT2D eigenvalue weighted by Gasteiger charge is -2.22. The van der Waals surface area contributed by atoms with E-state index in [4.69, 9.17) is 4.52 Å². The summed E-state index contributed by atoms with van der Waals surface area (Å²) in [4.78, 5) is 19.8. The molecule has 1 saturated heterocycles. The molecule has 5 nitrogen and oxygen atoms in total. The van der Waals surface area contributed by atoms with Gasteiger partial charge in [0.15, 0.2) is 0 Å². The molecule has 22 heavy (non-hydrogen) atoms. The summed E-state index contributed by atoms with van der Waals surface area (Å²) in [6.07, 6.45) is 3.63. The van der Waals surface area contributed by atoms with Gasteiger partial charge in [-0.2, -0.15) is 0 Å². The number of carbonyl (C=O) groups is 1. The highest BCUT2D eigenvalue weighted by molar-refractivity contribution is 7.13. The van der Waals surface area contributed by atoms with Crippen LogP contribution in [0.5, 0.6) is 0 Å². The summed E-state index contributed by atoms with van der Waals surface area (Å²) in [5.41, 5.74) is 0.820. The minimum Gasteiger partial charge on any atom is -0.361 e. The lowest BCUT2D eigenvalue weighted by Crippen LogP contribution is -2.30. The van der Waals surface area contributed by atoms with E-state index >= 15 is 0 Å². The van der Waals surface area contributed by atoms with Crippen LogP contribution in [0.3, 0.4) is 0 Å². The highest BCUT2D eigenvalue weighted by atomic mass is 32.1. The Morgan fingerprint density at radius 1 is 1.45 bits per heavy atom. The Kier molecular flexibility index (Phi) is 3.80. The van der Waals surface area contributed by atoms with Crippen molar-refractivity contribution in [2.45, 2.75) is 52.0 Å². The van der Waals surface area contributed by atoms with Gasteiger partial charge in [-0.05, 0) is 19.8 Å². The van der Waals surface area contributed by atoms with Gasteiger partial charge in [-0.1, -0.05) is 25.9 Å². The van der Waals surface area contributed by atoms with Crippen LogP contribution < -0.4 is 0 Å². The number of hydrogen-bond donors (Lipinski definition) is 0. The van der Waals surface area contributed by atoms with Gasteiger partial charge in [-0.15, -0.1) is 11.3 Å². The molecule has 0 bridgehead atoms. The smallest absolute Gasteiger partial charge is 0.266 e. The van der Waals surface area contributed by atoms with Crippen LogP contribution in [-0.2, 0) is 5.41 Å². The normalized spacial score (nSPS) is 18.9. The number of amides is 1. The van der Waals surface area contributed by atoms with E-state index in [2.05, 4.69) is 30.9 Å². The fourth-order valence-corrected chi connectivity index (χ4v) is 3.65. The van der Waals surface area contributed by atoms with Crippen molar-refractivity contribution in [1.29, 1.82) is 0 Å². The first-order chi connectivity index (χ1) is 10.4. The fourth-order valence-electron chi connectivity index (χ4n) is 2.72. The third-order valence-corrected chi connectivity index (χ3v) is 5.27. The number of hydrogen-bond acceptors (Lipinski definition) is 5. The summed E-state index contributed by atoms with van der Waals surface area (Å²) in [7, 11) is 0. The van der Waals surface area contributed by atoms with Crippen molar-refractivity contribution in [2.75, 3.05) is 6.54 Å². The van der Waals surface area contributed by atoms with Crippen molar-refractivity contribution in [3.63, 3.8) is 0 Å². The van der Waals surface area contributed by atoms with E-state index in [9.17, 15) is 4.79 Å². The molecule has 0 radical (unpaired) electrons. The molecule has 2 aromatic rings. The Morgan fingerprint density at radius 2 is 2.23 bits per heavy atom.